The number of carbonyl (C=O) groups excluding carboxylic acids is 1. The first-order valence-corrected chi connectivity index (χ1v) is 7.85. The van der Waals surface area contributed by atoms with Crippen molar-refractivity contribution in [2.45, 2.75) is 0 Å². The number of primary amides is 1. The lowest BCUT2D eigenvalue weighted by atomic mass is 10.3. The van der Waals surface area contributed by atoms with Crippen molar-refractivity contribution < 1.29 is 4.79 Å². The summed E-state index contributed by atoms with van der Waals surface area (Å²) in [6.45, 7) is 0. The molecule has 134 valence electrons. The second-order valence-corrected chi connectivity index (χ2v) is 5.61. The lowest BCUT2D eigenvalue weighted by Crippen LogP contribution is -2.22. The van der Waals surface area contributed by atoms with Gasteiger partial charge in [-0.15, -0.1) is 0 Å². The van der Waals surface area contributed by atoms with Crippen LogP contribution in [0.4, 0.5) is 11.5 Å². The van der Waals surface area contributed by atoms with Crippen LogP contribution < -0.4 is 22.0 Å². The van der Waals surface area contributed by atoms with E-state index in [-0.39, 0.29) is 28.4 Å². The van der Waals surface area contributed by atoms with Gasteiger partial charge in [0.25, 0.3) is 11.5 Å². The zero-order valence-corrected chi connectivity index (χ0v) is 13.8. The van der Waals surface area contributed by atoms with Crippen molar-refractivity contribution in [1.82, 2.24) is 24.1 Å². The Hall–Kier alpha value is -4.21. The highest BCUT2D eigenvalue weighted by molar-refractivity contribution is 5.91. The van der Waals surface area contributed by atoms with Crippen molar-refractivity contribution in [2.75, 3.05) is 5.32 Å². The average Bonchev–Trinajstić information content (AvgIpc) is 3.09. The Labute approximate surface area is 150 Å². The minimum atomic E-state index is -0.743. The third-order valence-electron chi connectivity index (χ3n) is 3.86. The molecule has 0 bridgehead atoms. The Morgan fingerprint density at radius 3 is 2.74 bits per heavy atom. The maximum Gasteiger partial charge on any atom is 0.279 e. The molecule has 4 rings (SSSR count). The minimum absolute atomic E-state index is 0.0182. The van der Waals surface area contributed by atoms with Gasteiger partial charge in [-0.05, 0) is 24.3 Å². The van der Waals surface area contributed by atoms with Gasteiger partial charge < -0.3 is 11.1 Å². The molecule has 0 radical (unpaired) electrons. The van der Waals surface area contributed by atoms with Gasteiger partial charge >= 0.3 is 0 Å². The molecule has 0 saturated carbocycles. The average molecular weight is 363 g/mol. The van der Waals surface area contributed by atoms with E-state index in [0.29, 0.717) is 5.82 Å². The van der Waals surface area contributed by atoms with Crippen molar-refractivity contribution in [3.8, 4) is 5.82 Å². The molecule has 0 atom stereocenters. The molecule has 4 N–H and O–H groups in total. The molecule has 0 aromatic carbocycles. The summed E-state index contributed by atoms with van der Waals surface area (Å²) < 4.78 is 2.54. The number of imidazole rings is 1. The number of H-pyrrole nitrogens is 1. The lowest BCUT2D eigenvalue weighted by molar-refractivity contribution is 0.0993. The SMILES string of the molecule is NC(=O)c1cnc2c(=O)cc(Nc3cccn(-c4ccccn4)c3=O)[nH]n12. The van der Waals surface area contributed by atoms with Gasteiger partial charge in [0.05, 0.1) is 6.20 Å². The molecule has 10 heteroatoms. The molecule has 4 heterocycles. The van der Waals surface area contributed by atoms with E-state index in [0.717, 1.165) is 0 Å². The van der Waals surface area contributed by atoms with Crippen LogP contribution in [0.5, 0.6) is 0 Å². The van der Waals surface area contributed by atoms with E-state index in [2.05, 4.69) is 20.4 Å². The second kappa shape index (κ2) is 6.26. The van der Waals surface area contributed by atoms with Crippen molar-refractivity contribution in [3.05, 3.63) is 81.3 Å². The van der Waals surface area contributed by atoms with Crippen LogP contribution in [0.3, 0.4) is 0 Å². The molecule has 27 heavy (non-hydrogen) atoms. The number of fused-ring (bicyclic) bond motifs is 1. The summed E-state index contributed by atoms with van der Waals surface area (Å²) in [6.07, 6.45) is 4.37. The first-order chi connectivity index (χ1) is 13.0. The van der Waals surface area contributed by atoms with Crippen molar-refractivity contribution in [2.24, 2.45) is 5.73 Å². The normalized spacial score (nSPS) is 10.8. The van der Waals surface area contributed by atoms with Crippen LogP contribution in [-0.4, -0.2) is 30.1 Å². The Kier molecular flexibility index (Phi) is 3.77. The molecule has 0 aliphatic rings. The Morgan fingerprint density at radius 2 is 2.00 bits per heavy atom. The number of hydrogen-bond acceptors (Lipinski definition) is 6. The van der Waals surface area contributed by atoms with Crippen molar-refractivity contribution >= 4 is 23.1 Å². The van der Waals surface area contributed by atoms with Gasteiger partial charge in [-0.2, -0.15) is 0 Å². The molecule has 0 fully saturated rings. The molecule has 10 nitrogen and oxygen atoms in total. The summed E-state index contributed by atoms with van der Waals surface area (Å²) >= 11 is 0. The van der Waals surface area contributed by atoms with E-state index in [1.807, 2.05) is 0 Å². The number of anilines is 2. The second-order valence-electron chi connectivity index (χ2n) is 5.61. The summed E-state index contributed by atoms with van der Waals surface area (Å²) in [5, 5.41) is 5.66. The Morgan fingerprint density at radius 1 is 1.15 bits per heavy atom. The number of carbonyl (C=O) groups is 1. The van der Waals surface area contributed by atoms with E-state index in [1.165, 1.54) is 21.3 Å². The van der Waals surface area contributed by atoms with Gasteiger partial charge in [0.1, 0.15) is 23.0 Å². The lowest BCUT2D eigenvalue weighted by Gasteiger charge is -2.10. The molecule has 0 aliphatic carbocycles. The maximum atomic E-state index is 12.7. The number of nitrogens with two attached hydrogens (primary N) is 1. The molecule has 0 unspecified atom stereocenters. The molecule has 4 aromatic heterocycles. The van der Waals surface area contributed by atoms with Gasteiger partial charge in [-0.25, -0.2) is 14.5 Å². The first kappa shape index (κ1) is 16.3. The summed E-state index contributed by atoms with van der Waals surface area (Å²) in [5.74, 6) is -0.0860. The van der Waals surface area contributed by atoms with Crippen LogP contribution in [0.15, 0.2) is 64.6 Å². The number of hydrogen-bond donors (Lipinski definition) is 3. The number of rotatable bonds is 4. The minimum Gasteiger partial charge on any atom is -0.364 e. The maximum absolute atomic E-state index is 12.7. The molecule has 4 aromatic rings. The number of amides is 1. The van der Waals surface area contributed by atoms with Crippen LogP contribution in [0.25, 0.3) is 11.5 Å². The number of aromatic nitrogens is 5. The Balaban J connectivity index is 1.79. The van der Waals surface area contributed by atoms with E-state index in [1.54, 1.807) is 42.7 Å². The van der Waals surface area contributed by atoms with E-state index in [4.69, 9.17) is 5.73 Å². The largest absolute Gasteiger partial charge is 0.364 e. The Bertz CT molecular complexity index is 1270. The standard InChI is InChI=1S/C17H13N7O3/c18-15(26)11-9-20-16-12(25)8-13(22-24(11)16)21-10-4-3-7-23(17(10)27)14-5-1-2-6-19-14/h1-9,21-22H,(H2,18,26). The number of nitrogens with zero attached hydrogens (tertiary/aromatic N) is 4. The van der Waals surface area contributed by atoms with E-state index >= 15 is 0 Å². The predicted molar refractivity (Wildman–Crippen MR) is 97.4 cm³/mol. The molecular formula is C17H13N7O3. The third kappa shape index (κ3) is 2.84. The highest BCUT2D eigenvalue weighted by Crippen LogP contribution is 2.11. The quantitative estimate of drug-likeness (QED) is 0.480. The summed E-state index contributed by atoms with van der Waals surface area (Å²) in [6, 6.07) is 9.69. The molecule has 0 spiro atoms. The summed E-state index contributed by atoms with van der Waals surface area (Å²) in [7, 11) is 0. The van der Waals surface area contributed by atoms with Gasteiger partial charge in [-0.1, -0.05) is 6.07 Å². The fourth-order valence-electron chi connectivity index (χ4n) is 2.64. The third-order valence-corrected chi connectivity index (χ3v) is 3.86. The van der Waals surface area contributed by atoms with Gasteiger partial charge in [0.2, 0.25) is 11.1 Å². The highest BCUT2D eigenvalue weighted by Gasteiger charge is 2.13. The molecule has 0 aliphatic heterocycles. The van der Waals surface area contributed by atoms with Crippen LogP contribution in [0.1, 0.15) is 10.5 Å². The topological polar surface area (TPSA) is 140 Å². The zero-order chi connectivity index (χ0) is 19.0. The van der Waals surface area contributed by atoms with Gasteiger partial charge in [0.15, 0.2) is 0 Å². The highest BCUT2D eigenvalue weighted by atomic mass is 16.1. The van der Waals surface area contributed by atoms with Crippen LogP contribution in [0.2, 0.25) is 0 Å². The van der Waals surface area contributed by atoms with Crippen molar-refractivity contribution in [3.63, 3.8) is 0 Å². The molecular weight excluding hydrogens is 350 g/mol. The van der Waals surface area contributed by atoms with Crippen molar-refractivity contribution in [1.29, 1.82) is 0 Å². The number of aromatic amines is 1. The fraction of sp³-hybridized carbons (Fsp3) is 0. The van der Waals surface area contributed by atoms with Crippen LogP contribution >= 0.6 is 0 Å². The fourth-order valence-corrected chi connectivity index (χ4v) is 2.64. The van der Waals surface area contributed by atoms with Gasteiger partial charge in [-0.3, -0.25) is 24.0 Å². The molecule has 0 saturated heterocycles. The first-order valence-electron chi connectivity index (χ1n) is 7.85. The van der Waals surface area contributed by atoms with Gasteiger partial charge in [0, 0.05) is 18.5 Å². The number of nitrogens with one attached hydrogen (secondary N) is 2. The summed E-state index contributed by atoms with van der Waals surface area (Å²) in [4.78, 5) is 44.4. The van der Waals surface area contributed by atoms with E-state index in [9.17, 15) is 14.4 Å². The van der Waals surface area contributed by atoms with E-state index < -0.39 is 11.3 Å². The number of pyridine rings is 2. The van der Waals surface area contributed by atoms with Crippen LogP contribution in [0, 0.1) is 0 Å². The predicted octanol–water partition coefficient (Wildman–Crippen LogP) is 0.411. The van der Waals surface area contributed by atoms with Crippen LogP contribution in [-0.2, 0) is 0 Å². The molecule has 1 amide bonds. The monoisotopic (exact) mass is 363 g/mol. The summed E-state index contributed by atoms with van der Waals surface area (Å²) in [5.41, 5.74) is 4.73. The smallest absolute Gasteiger partial charge is 0.279 e. The zero-order valence-electron chi connectivity index (χ0n) is 13.8.